The standard InChI is InChI=1S/C19H25N/c1-4-5-16-8-10-17(11-9-16)19(20)13-18-12-14(2)6-7-15(18)3/h6-12,19H,4-5,13,20H2,1-3H3. The van der Waals surface area contributed by atoms with E-state index in [4.69, 9.17) is 5.73 Å². The summed E-state index contributed by atoms with van der Waals surface area (Å²) in [5.74, 6) is 0. The number of aryl methyl sites for hydroxylation is 3. The lowest BCUT2D eigenvalue weighted by Gasteiger charge is -2.15. The lowest BCUT2D eigenvalue weighted by atomic mass is 9.94. The van der Waals surface area contributed by atoms with Gasteiger partial charge in [-0.15, -0.1) is 0 Å². The molecule has 1 unspecified atom stereocenters. The van der Waals surface area contributed by atoms with Crippen LogP contribution in [0.15, 0.2) is 42.5 Å². The third-order valence-electron chi connectivity index (χ3n) is 3.89. The van der Waals surface area contributed by atoms with E-state index in [0.29, 0.717) is 0 Å². The first-order chi connectivity index (χ1) is 9.60. The molecule has 0 saturated carbocycles. The maximum Gasteiger partial charge on any atom is 0.0335 e. The van der Waals surface area contributed by atoms with Gasteiger partial charge < -0.3 is 5.73 Å². The van der Waals surface area contributed by atoms with Crippen molar-refractivity contribution in [3.05, 3.63) is 70.3 Å². The van der Waals surface area contributed by atoms with E-state index in [1.807, 2.05) is 0 Å². The van der Waals surface area contributed by atoms with Gasteiger partial charge >= 0.3 is 0 Å². The molecule has 0 aliphatic heterocycles. The number of rotatable bonds is 5. The van der Waals surface area contributed by atoms with Gasteiger partial charge in [-0.1, -0.05) is 61.4 Å². The molecule has 2 aromatic carbocycles. The predicted octanol–water partition coefficient (Wildman–Crippen LogP) is 4.50. The maximum absolute atomic E-state index is 6.37. The summed E-state index contributed by atoms with van der Waals surface area (Å²) in [7, 11) is 0. The monoisotopic (exact) mass is 267 g/mol. The van der Waals surface area contributed by atoms with Crippen molar-refractivity contribution in [3.63, 3.8) is 0 Å². The summed E-state index contributed by atoms with van der Waals surface area (Å²) >= 11 is 0. The first kappa shape index (κ1) is 14.8. The van der Waals surface area contributed by atoms with Crippen LogP contribution in [-0.2, 0) is 12.8 Å². The van der Waals surface area contributed by atoms with Crippen LogP contribution in [0.5, 0.6) is 0 Å². The average Bonchev–Trinajstić information content (AvgIpc) is 2.44. The van der Waals surface area contributed by atoms with Crippen LogP contribution in [0.25, 0.3) is 0 Å². The summed E-state index contributed by atoms with van der Waals surface area (Å²) < 4.78 is 0. The molecule has 1 heteroatoms. The van der Waals surface area contributed by atoms with Crippen molar-refractivity contribution in [3.8, 4) is 0 Å². The second-order valence-electron chi connectivity index (χ2n) is 5.73. The van der Waals surface area contributed by atoms with Gasteiger partial charge in [-0.05, 0) is 48.9 Å². The highest BCUT2D eigenvalue weighted by Crippen LogP contribution is 2.20. The zero-order valence-electron chi connectivity index (χ0n) is 12.8. The minimum atomic E-state index is 0.0752. The molecule has 2 rings (SSSR count). The minimum absolute atomic E-state index is 0.0752. The first-order valence-electron chi connectivity index (χ1n) is 7.50. The fourth-order valence-electron chi connectivity index (χ4n) is 2.60. The van der Waals surface area contributed by atoms with Gasteiger partial charge in [0.05, 0.1) is 0 Å². The highest BCUT2D eigenvalue weighted by atomic mass is 14.6. The molecule has 0 aromatic heterocycles. The molecule has 0 saturated heterocycles. The van der Waals surface area contributed by atoms with E-state index >= 15 is 0 Å². The number of hydrogen-bond acceptors (Lipinski definition) is 1. The summed E-state index contributed by atoms with van der Waals surface area (Å²) in [6, 6.07) is 15.4. The van der Waals surface area contributed by atoms with Crippen LogP contribution in [0.2, 0.25) is 0 Å². The van der Waals surface area contributed by atoms with Gasteiger partial charge in [0.15, 0.2) is 0 Å². The SMILES string of the molecule is CCCc1ccc(C(N)Cc2cc(C)ccc2C)cc1. The fourth-order valence-corrected chi connectivity index (χ4v) is 2.60. The normalized spacial score (nSPS) is 12.4. The van der Waals surface area contributed by atoms with Gasteiger partial charge in [-0.25, -0.2) is 0 Å². The Balaban J connectivity index is 2.11. The molecule has 0 amide bonds. The van der Waals surface area contributed by atoms with Crippen LogP contribution < -0.4 is 5.73 Å². The molecule has 0 aliphatic rings. The Morgan fingerprint density at radius 1 is 1.00 bits per heavy atom. The van der Waals surface area contributed by atoms with E-state index < -0.39 is 0 Å². The molecule has 0 aliphatic carbocycles. The lowest BCUT2D eigenvalue weighted by Crippen LogP contribution is -2.14. The van der Waals surface area contributed by atoms with Gasteiger partial charge in [0.1, 0.15) is 0 Å². The Kier molecular flexibility index (Phi) is 4.97. The molecule has 0 fully saturated rings. The zero-order valence-corrected chi connectivity index (χ0v) is 12.8. The molecule has 0 radical (unpaired) electrons. The van der Waals surface area contributed by atoms with Crippen molar-refractivity contribution in [2.24, 2.45) is 5.73 Å². The van der Waals surface area contributed by atoms with E-state index in [9.17, 15) is 0 Å². The molecule has 106 valence electrons. The van der Waals surface area contributed by atoms with Gasteiger partial charge in [-0.2, -0.15) is 0 Å². The zero-order chi connectivity index (χ0) is 14.5. The van der Waals surface area contributed by atoms with Gasteiger partial charge in [0.25, 0.3) is 0 Å². The second kappa shape index (κ2) is 6.71. The molecule has 20 heavy (non-hydrogen) atoms. The van der Waals surface area contributed by atoms with Crippen LogP contribution in [-0.4, -0.2) is 0 Å². The van der Waals surface area contributed by atoms with Gasteiger partial charge in [0, 0.05) is 6.04 Å². The third-order valence-corrected chi connectivity index (χ3v) is 3.89. The van der Waals surface area contributed by atoms with Gasteiger partial charge in [0.2, 0.25) is 0 Å². The van der Waals surface area contributed by atoms with Crippen molar-refractivity contribution in [2.45, 2.75) is 46.1 Å². The Morgan fingerprint density at radius 3 is 2.35 bits per heavy atom. The van der Waals surface area contributed by atoms with E-state index in [1.54, 1.807) is 0 Å². The van der Waals surface area contributed by atoms with E-state index in [1.165, 1.54) is 34.2 Å². The molecular formula is C19H25N. The Hall–Kier alpha value is -1.60. The second-order valence-corrected chi connectivity index (χ2v) is 5.73. The van der Waals surface area contributed by atoms with E-state index in [2.05, 4.69) is 63.2 Å². The van der Waals surface area contributed by atoms with Crippen molar-refractivity contribution in [2.75, 3.05) is 0 Å². The Labute approximate surface area is 122 Å². The molecular weight excluding hydrogens is 242 g/mol. The molecule has 2 aromatic rings. The van der Waals surface area contributed by atoms with Gasteiger partial charge in [-0.3, -0.25) is 0 Å². The maximum atomic E-state index is 6.37. The molecule has 0 bridgehead atoms. The highest BCUT2D eigenvalue weighted by Gasteiger charge is 2.09. The summed E-state index contributed by atoms with van der Waals surface area (Å²) in [4.78, 5) is 0. The molecule has 1 nitrogen and oxygen atoms in total. The summed E-state index contributed by atoms with van der Waals surface area (Å²) in [6.07, 6.45) is 3.24. The average molecular weight is 267 g/mol. The molecule has 1 atom stereocenters. The first-order valence-corrected chi connectivity index (χ1v) is 7.50. The number of benzene rings is 2. The molecule has 0 spiro atoms. The van der Waals surface area contributed by atoms with E-state index in [-0.39, 0.29) is 6.04 Å². The summed E-state index contributed by atoms with van der Waals surface area (Å²) in [6.45, 7) is 6.50. The Morgan fingerprint density at radius 2 is 1.70 bits per heavy atom. The summed E-state index contributed by atoms with van der Waals surface area (Å²) in [5.41, 5.74) is 13.0. The Bertz CT molecular complexity index is 554. The number of hydrogen-bond donors (Lipinski definition) is 1. The van der Waals surface area contributed by atoms with Crippen molar-refractivity contribution < 1.29 is 0 Å². The predicted molar refractivity (Wildman–Crippen MR) is 87.0 cm³/mol. The number of nitrogens with two attached hydrogens (primary N) is 1. The topological polar surface area (TPSA) is 26.0 Å². The van der Waals surface area contributed by atoms with Crippen LogP contribution >= 0.6 is 0 Å². The third kappa shape index (κ3) is 3.71. The van der Waals surface area contributed by atoms with E-state index in [0.717, 1.165) is 12.8 Å². The van der Waals surface area contributed by atoms with Crippen LogP contribution in [0.1, 0.15) is 47.2 Å². The van der Waals surface area contributed by atoms with Crippen molar-refractivity contribution >= 4 is 0 Å². The van der Waals surface area contributed by atoms with Crippen LogP contribution in [0.3, 0.4) is 0 Å². The smallest absolute Gasteiger partial charge is 0.0335 e. The lowest BCUT2D eigenvalue weighted by molar-refractivity contribution is 0.717. The fraction of sp³-hybridized carbons (Fsp3) is 0.368. The van der Waals surface area contributed by atoms with Crippen LogP contribution in [0.4, 0.5) is 0 Å². The van der Waals surface area contributed by atoms with Crippen molar-refractivity contribution in [1.82, 2.24) is 0 Å². The van der Waals surface area contributed by atoms with Crippen LogP contribution in [0, 0.1) is 13.8 Å². The van der Waals surface area contributed by atoms with Crippen molar-refractivity contribution in [1.29, 1.82) is 0 Å². The molecule has 0 heterocycles. The minimum Gasteiger partial charge on any atom is -0.324 e. The highest BCUT2D eigenvalue weighted by molar-refractivity contribution is 5.33. The molecule has 2 N–H and O–H groups in total. The summed E-state index contributed by atoms with van der Waals surface area (Å²) in [5, 5.41) is 0. The largest absolute Gasteiger partial charge is 0.324 e. The quantitative estimate of drug-likeness (QED) is 0.848.